The van der Waals surface area contributed by atoms with Crippen LogP contribution in [-0.4, -0.2) is 93.1 Å². The Bertz CT molecular complexity index is 2620. The lowest BCUT2D eigenvalue weighted by atomic mass is 9.96. The van der Waals surface area contributed by atoms with E-state index in [9.17, 15) is 19.2 Å². The number of imidazole rings is 2. The Morgan fingerprint density at radius 3 is 1.75 bits per heavy atom. The molecule has 2 fully saturated rings. The fraction of sp³-hybridized carbons (Fsp3) is 0.360. The number of nitrogens with one attached hydrogen (secondary N) is 4. The van der Waals surface area contributed by atoms with Crippen LogP contribution in [-0.2, 0) is 19.1 Å². The number of aromatic amines is 2. The number of nitrogens with zero attached hydrogens (tertiary/aromatic N) is 4. The number of hydrogen-bond donors (Lipinski definition) is 4. The third-order valence-corrected chi connectivity index (χ3v) is 12.7. The van der Waals surface area contributed by atoms with Gasteiger partial charge >= 0.3 is 12.2 Å². The van der Waals surface area contributed by atoms with Gasteiger partial charge in [-0.05, 0) is 76.3 Å². The Balaban J connectivity index is 0.968. The average molecular weight is 865 g/mol. The molecule has 14 nitrogen and oxygen atoms in total. The van der Waals surface area contributed by atoms with E-state index in [1.807, 2.05) is 68.1 Å². The van der Waals surface area contributed by atoms with Crippen LogP contribution in [0.5, 0.6) is 0 Å². The minimum Gasteiger partial charge on any atom is -0.453 e. The molecule has 4 amide bonds. The molecule has 2 aliphatic heterocycles. The largest absolute Gasteiger partial charge is 0.453 e. The predicted molar refractivity (Wildman–Crippen MR) is 245 cm³/mol. The molecule has 0 spiro atoms. The summed E-state index contributed by atoms with van der Waals surface area (Å²) in [5, 5.41) is 7.64. The van der Waals surface area contributed by atoms with Crippen molar-refractivity contribution in [3.8, 4) is 33.6 Å². The second kappa shape index (κ2) is 18.8. The summed E-state index contributed by atoms with van der Waals surface area (Å²) in [6.45, 7) is 8.73. The van der Waals surface area contributed by atoms with Crippen molar-refractivity contribution in [3.05, 3.63) is 121 Å². The number of likely N-dealkylation sites (tertiary alicyclic amines) is 2. The Kier molecular flexibility index (Phi) is 12.8. The predicted octanol–water partition coefficient (Wildman–Crippen LogP) is 8.77. The third-order valence-electron chi connectivity index (χ3n) is 12.7. The second-order valence-electron chi connectivity index (χ2n) is 17.5. The fourth-order valence-electron chi connectivity index (χ4n) is 9.12. The van der Waals surface area contributed by atoms with Crippen LogP contribution >= 0.6 is 0 Å². The van der Waals surface area contributed by atoms with Gasteiger partial charge in [-0.3, -0.25) is 9.59 Å². The summed E-state index contributed by atoms with van der Waals surface area (Å²) >= 11 is 0. The van der Waals surface area contributed by atoms with Crippen molar-refractivity contribution in [3.63, 3.8) is 0 Å². The van der Waals surface area contributed by atoms with Gasteiger partial charge in [0, 0.05) is 24.6 Å². The molecule has 8 rings (SSSR count). The Labute approximate surface area is 373 Å². The Hall–Kier alpha value is -6.96. The van der Waals surface area contributed by atoms with Crippen molar-refractivity contribution in [2.45, 2.75) is 77.0 Å². The first kappa shape index (κ1) is 43.7. The van der Waals surface area contributed by atoms with Crippen LogP contribution < -0.4 is 10.6 Å². The molecule has 2 saturated heterocycles. The van der Waals surface area contributed by atoms with Crippen LogP contribution in [0.1, 0.15) is 82.2 Å². The monoisotopic (exact) mass is 864 g/mol. The Morgan fingerprint density at radius 2 is 1.16 bits per heavy atom. The van der Waals surface area contributed by atoms with Crippen LogP contribution in [0.2, 0.25) is 0 Å². The van der Waals surface area contributed by atoms with E-state index in [1.54, 1.807) is 0 Å². The number of hydrogen-bond acceptors (Lipinski definition) is 8. The van der Waals surface area contributed by atoms with Gasteiger partial charge in [0.25, 0.3) is 0 Å². The van der Waals surface area contributed by atoms with Gasteiger partial charge in [-0.25, -0.2) is 19.6 Å². The van der Waals surface area contributed by atoms with Crippen molar-refractivity contribution in [2.24, 2.45) is 11.8 Å². The minimum absolute atomic E-state index is 0.107. The van der Waals surface area contributed by atoms with Crippen LogP contribution in [0.15, 0.2) is 103 Å². The molecule has 2 aromatic heterocycles. The van der Waals surface area contributed by atoms with E-state index in [1.165, 1.54) is 14.2 Å². The standard InChI is InChI=1S/C50H56N8O6/c1-29(2)43(55-49(61)63-5)47(59)57-22-10-13-41(57)45-51-27-40(54-45)37-21-20-35-23-34(18-19-36(35)24-37)32-14-16-33(17-15-32)39-26-52-46(53-39)42-25-38(31-11-8-7-9-12-31)28-58(42)48(60)44(30(3)4)56-50(62)64-6/h7-9,11-12,14-21,23-24,26-27,29-30,38,41-44H,10,13,22,25,28H2,1-6H3,(H,51,54)(H,52,53)(H,55,61)(H,56,62)/t38-,41+,42+,43+,44+/m1/s1. The third kappa shape index (κ3) is 9.08. The zero-order chi connectivity index (χ0) is 45.1. The molecule has 64 heavy (non-hydrogen) atoms. The van der Waals surface area contributed by atoms with Gasteiger partial charge in [0.1, 0.15) is 23.7 Å². The first-order valence-corrected chi connectivity index (χ1v) is 22.0. The lowest BCUT2D eigenvalue weighted by molar-refractivity contribution is -0.136. The lowest BCUT2D eigenvalue weighted by Gasteiger charge is -2.30. The van der Waals surface area contributed by atoms with Gasteiger partial charge in [-0.2, -0.15) is 0 Å². The van der Waals surface area contributed by atoms with E-state index in [0.717, 1.165) is 68.6 Å². The second-order valence-corrected chi connectivity index (χ2v) is 17.5. The highest BCUT2D eigenvalue weighted by molar-refractivity contribution is 5.91. The summed E-state index contributed by atoms with van der Waals surface area (Å²) in [6, 6.07) is 29.4. The van der Waals surface area contributed by atoms with E-state index >= 15 is 0 Å². The molecule has 14 heteroatoms. The quantitative estimate of drug-likeness (QED) is 0.0945. The van der Waals surface area contributed by atoms with E-state index in [0.29, 0.717) is 25.3 Å². The molecule has 4 aromatic carbocycles. The summed E-state index contributed by atoms with van der Waals surface area (Å²) in [4.78, 5) is 72.2. The number of benzene rings is 4. The molecule has 0 unspecified atom stereocenters. The molecule has 0 aliphatic carbocycles. The molecule has 4 N–H and O–H groups in total. The first-order valence-electron chi connectivity index (χ1n) is 22.0. The van der Waals surface area contributed by atoms with Crippen molar-refractivity contribution in [2.75, 3.05) is 27.3 Å². The van der Waals surface area contributed by atoms with Crippen LogP contribution in [0.4, 0.5) is 9.59 Å². The molecular weight excluding hydrogens is 809 g/mol. The van der Waals surface area contributed by atoms with Gasteiger partial charge < -0.3 is 39.9 Å². The first-order chi connectivity index (χ1) is 30.9. The number of rotatable bonds is 12. The summed E-state index contributed by atoms with van der Waals surface area (Å²) in [5.41, 5.74) is 6.98. The lowest BCUT2D eigenvalue weighted by Crippen LogP contribution is -2.51. The number of methoxy groups -OCH3 is 2. The highest BCUT2D eigenvalue weighted by Crippen LogP contribution is 2.41. The van der Waals surface area contributed by atoms with Crippen molar-refractivity contribution in [1.82, 2.24) is 40.4 Å². The Morgan fingerprint density at radius 1 is 0.641 bits per heavy atom. The summed E-state index contributed by atoms with van der Waals surface area (Å²) in [5.74, 6) is 0.969. The molecule has 0 saturated carbocycles. The number of alkyl carbamates (subject to hydrolysis) is 2. The smallest absolute Gasteiger partial charge is 0.407 e. The summed E-state index contributed by atoms with van der Waals surface area (Å²) in [7, 11) is 2.59. The minimum atomic E-state index is -0.746. The van der Waals surface area contributed by atoms with Gasteiger partial charge in [-0.15, -0.1) is 0 Å². The SMILES string of the molecule is COC(=O)N[C@H](C(=O)N1CCC[C@H]1c1ncc(-c2ccc3cc(-c4ccc(-c5cnc([C@@H]6C[C@@H](c7ccccc7)CN6C(=O)[C@@H](NC(=O)OC)C(C)C)[nH]5)cc4)ccc3c2)[nH]1)C(C)C. The maximum atomic E-state index is 14.1. The topological polar surface area (TPSA) is 175 Å². The highest BCUT2D eigenvalue weighted by atomic mass is 16.5. The van der Waals surface area contributed by atoms with Crippen molar-refractivity contribution < 1.29 is 28.7 Å². The number of H-pyrrole nitrogens is 2. The zero-order valence-corrected chi connectivity index (χ0v) is 37.1. The normalized spacial score (nSPS) is 18.3. The van der Waals surface area contributed by atoms with Crippen LogP contribution in [0.25, 0.3) is 44.4 Å². The number of ether oxygens (including phenoxy) is 2. The molecule has 332 valence electrons. The zero-order valence-electron chi connectivity index (χ0n) is 37.1. The van der Waals surface area contributed by atoms with E-state index in [2.05, 4.69) is 93.4 Å². The highest BCUT2D eigenvalue weighted by Gasteiger charge is 2.42. The molecule has 6 aromatic rings. The number of amides is 4. The molecule has 0 bridgehead atoms. The molecule has 4 heterocycles. The molecule has 0 radical (unpaired) electrons. The van der Waals surface area contributed by atoms with Crippen molar-refractivity contribution in [1.29, 1.82) is 0 Å². The van der Waals surface area contributed by atoms with Gasteiger partial charge in [-0.1, -0.05) is 107 Å². The van der Waals surface area contributed by atoms with Crippen LogP contribution in [0, 0.1) is 11.8 Å². The van der Waals surface area contributed by atoms with Gasteiger partial charge in [0.15, 0.2) is 0 Å². The summed E-state index contributed by atoms with van der Waals surface area (Å²) in [6.07, 6.45) is 4.69. The molecular formula is C50H56N8O6. The van der Waals surface area contributed by atoms with E-state index in [-0.39, 0.29) is 41.7 Å². The van der Waals surface area contributed by atoms with Crippen molar-refractivity contribution >= 4 is 34.8 Å². The number of carbonyl (C=O) groups excluding carboxylic acids is 4. The summed E-state index contributed by atoms with van der Waals surface area (Å²) < 4.78 is 9.63. The maximum absolute atomic E-state index is 14.1. The average Bonchev–Trinajstić information content (AvgIpc) is 4.16. The number of fused-ring (bicyclic) bond motifs is 1. The number of aromatic nitrogens is 4. The van der Waals surface area contributed by atoms with E-state index in [4.69, 9.17) is 19.4 Å². The fourth-order valence-corrected chi connectivity index (χ4v) is 9.12. The number of carbonyl (C=O) groups is 4. The maximum Gasteiger partial charge on any atom is 0.407 e. The molecule has 2 aliphatic rings. The van der Waals surface area contributed by atoms with Crippen LogP contribution in [0.3, 0.4) is 0 Å². The van der Waals surface area contributed by atoms with E-state index < -0.39 is 24.3 Å². The molecule has 5 atom stereocenters. The van der Waals surface area contributed by atoms with Gasteiger partial charge in [0.2, 0.25) is 11.8 Å². The van der Waals surface area contributed by atoms with Gasteiger partial charge in [0.05, 0.1) is 50.1 Å².